The van der Waals surface area contributed by atoms with Crippen LogP contribution in [0, 0.1) is 0 Å². The van der Waals surface area contributed by atoms with Gasteiger partial charge in [0, 0.05) is 35.3 Å². The lowest BCUT2D eigenvalue weighted by Gasteiger charge is -2.33. The van der Waals surface area contributed by atoms with Crippen molar-refractivity contribution >= 4 is 45.5 Å². The molecule has 1 aromatic heterocycles. The number of nitrogens with one attached hydrogen (secondary N) is 1. The second kappa shape index (κ2) is 9.85. The number of aromatic nitrogens is 1. The van der Waals surface area contributed by atoms with Crippen LogP contribution in [0.2, 0.25) is 0 Å². The summed E-state index contributed by atoms with van der Waals surface area (Å²) in [6.45, 7) is 1.18. The standard InChI is InChI=1S/C22H23N3O5S2/c23-21(27)22(9-12-29-13-10-22)32(28)16-7-5-15(6-8-16)31-14-11-24-19(26)20-25-17-3-1-2-4-18(17)30-20/h1-8H,9-14H2,(H2,23,27)(H,24,26). The number of oxazole rings is 1. The first-order valence-corrected chi connectivity index (χ1v) is 12.3. The molecule has 0 saturated carbocycles. The molecule has 3 N–H and O–H groups in total. The lowest BCUT2D eigenvalue weighted by atomic mass is 9.98. The number of hydrogen-bond acceptors (Lipinski definition) is 7. The van der Waals surface area contributed by atoms with Crippen molar-refractivity contribution in [1.82, 2.24) is 10.3 Å². The van der Waals surface area contributed by atoms with Gasteiger partial charge in [0.25, 0.3) is 5.89 Å². The van der Waals surface area contributed by atoms with E-state index in [2.05, 4.69) is 10.3 Å². The van der Waals surface area contributed by atoms with Crippen molar-refractivity contribution in [3.63, 3.8) is 0 Å². The van der Waals surface area contributed by atoms with Gasteiger partial charge in [0.1, 0.15) is 10.3 Å². The molecule has 1 saturated heterocycles. The third kappa shape index (κ3) is 4.72. The highest BCUT2D eigenvalue weighted by atomic mass is 32.2. The Morgan fingerprint density at radius 2 is 1.84 bits per heavy atom. The maximum Gasteiger partial charge on any atom is 0.307 e. The number of benzene rings is 2. The number of nitrogens with two attached hydrogens (primary N) is 1. The highest BCUT2D eigenvalue weighted by molar-refractivity contribution is 7.99. The summed E-state index contributed by atoms with van der Waals surface area (Å²) < 4.78 is 22.8. The summed E-state index contributed by atoms with van der Waals surface area (Å²) in [7, 11) is -1.55. The molecule has 0 radical (unpaired) electrons. The summed E-state index contributed by atoms with van der Waals surface area (Å²) >= 11 is 1.55. The molecule has 32 heavy (non-hydrogen) atoms. The molecule has 1 aliphatic heterocycles. The molecule has 1 unspecified atom stereocenters. The molecule has 1 atom stereocenters. The first-order chi connectivity index (χ1) is 15.5. The first-order valence-electron chi connectivity index (χ1n) is 10.2. The number of thioether (sulfide) groups is 1. The Morgan fingerprint density at radius 3 is 2.53 bits per heavy atom. The van der Waals surface area contributed by atoms with Crippen LogP contribution in [0.4, 0.5) is 0 Å². The Kier molecular flexibility index (Phi) is 6.92. The van der Waals surface area contributed by atoms with Crippen LogP contribution in [0.3, 0.4) is 0 Å². The van der Waals surface area contributed by atoms with Gasteiger partial charge in [0.15, 0.2) is 5.58 Å². The fourth-order valence-corrected chi connectivity index (χ4v) is 5.81. The number of nitrogens with zero attached hydrogens (tertiary/aromatic N) is 1. The van der Waals surface area contributed by atoms with Crippen molar-refractivity contribution in [3.8, 4) is 0 Å². The van der Waals surface area contributed by atoms with Crippen molar-refractivity contribution in [3.05, 3.63) is 54.4 Å². The number of primary amides is 1. The Hall–Kier alpha value is -2.69. The normalized spacial score (nSPS) is 16.5. The van der Waals surface area contributed by atoms with Gasteiger partial charge in [-0.15, -0.1) is 11.8 Å². The zero-order chi connectivity index (χ0) is 22.6. The molecule has 0 bridgehead atoms. The SMILES string of the molecule is NC(=O)C1(S(=O)c2ccc(SCCNC(=O)c3nc4ccccc4o3)cc2)CCOCC1. The highest BCUT2D eigenvalue weighted by Crippen LogP contribution is 2.32. The maximum absolute atomic E-state index is 13.1. The van der Waals surface area contributed by atoms with E-state index in [0.717, 1.165) is 4.90 Å². The topological polar surface area (TPSA) is 125 Å². The van der Waals surface area contributed by atoms with Crippen molar-refractivity contribution in [1.29, 1.82) is 0 Å². The van der Waals surface area contributed by atoms with E-state index in [4.69, 9.17) is 14.9 Å². The quantitative estimate of drug-likeness (QED) is 0.380. The Labute approximate surface area is 191 Å². The average Bonchev–Trinajstić information content (AvgIpc) is 3.26. The van der Waals surface area contributed by atoms with E-state index in [-0.39, 0.29) is 11.8 Å². The molecule has 10 heteroatoms. The van der Waals surface area contributed by atoms with Crippen LogP contribution in [-0.4, -0.2) is 51.3 Å². The van der Waals surface area contributed by atoms with E-state index < -0.39 is 21.5 Å². The Bertz CT molecular complexity index is 1110. The van der Waals surface area contributed by atoms with Crippen molar-refractivity contribution in [2.75, 3.05) is 25.5 Å². The van der Waals surface area contributed by atoms with Gasteiger partial charge >= 0.3 is 5.91 Å². The number of ether oxygens (including phenoxy) is 1. The maximum atomic E-state index is 13.1. The van der Waals surface area contributed by atoms with Crippen molar-refractivity contribution < 1.29 is 23.0 Å². The lowest BCUT2D eigenvalue weighted by Crippen LogP contribution is -2.51. The Balaban J connectivity index is 1.29. The van der Waals surface area contributed by atoms with E-state index in [1.54, 1.807) is 36.0 Å². The van der Waals surface area contributed by atoms with Gasteiger partial charge in [0.2, 0.25) is 5.91 Å². The van der Waals surface area contributed by atoms with Gasteiger partial charge < -0.3 is 20.2 Å². The molecule has 2 aromatic carbocycles. The minimum absolute atomic E-state index is 0.0412. The van der Waals surface area contributed by atoms with Gasteiger partial charge in [-0.3, -0.25) is 13.8 Å². The van der Waals surface area contributed by atoms with Crippen LogP contribution in [0.25, 0.3) is 11.1 Å². The van der Waals surface area contributed by atoms with Gasteiger partial charge in [-0.2, -0.15) is 0 Å². The van der Waals surface area contributed by atoms with E-state index in [9.17, 15) is 13.8 Å². The number of hydrogen-bond donors (Lipinski definition) is 2. The molecule has 168 valence electrons. The van der Waals surface area contributed by atoms with Crippen LogP contribution in [0.1, 0.15) is 23.5 Å². The molecule has 1 fully saturated rings. The minimum atomic E-state index is -1.55. The van der Waals surface area contributed by atoms with E-state index in [0.29, 0.717) is 54.3 Å². The summed E-state index contributed by atoms with van der Waals surface area (Å²) in [6.07, 6.45) is 0.705. The van der Waals surface area contributed by atoms with Gasteiger partial charge in [0.05, 0.1) is 10.8 Å². The lowest BCUT2D eigenvalue weighted by molar-refractivity contribution is -0.122. The number of carbonyl (C=O) groups is 2. The Morgan fingerprint density at radius 1 is 1.12 bits per heavy atom. The van der Waals surface area contributed by atoms with Crippen molar-refractivity contribution in [2.24, 2.45) is 5.73 Å². The summed E-state index contributed by atoms with van der Waals surface area (Å²) in [5.74, 6) is -0.232. The van der Waals surface area contributed by atoms with Crippen molar-refractivity contribution in [2.45, 2.75) is 27.4 Å². The zero-order valence-electron chi connectivity index (χ0n) is 17.2. The molecule has 3 aromatic rings. The molecule has 2 amide bonds. The number of para-hydroxylation sites is 2. The summed E-state index contributed by atoms with van der Waals surface area (Å²) in [6, 6.07) is 14.4. The number of rotatable bonds is 8. The van der Waals surface area contributed by atoms with Gasteiger partial charge in [-0.25, -0.2) is 4.98 Å². The monoisotopic (exact) mass is 473 g/mol. The fourth-order valence-electron chi connectivity index (χ4n) is 3.49. The summed E-state index contributed by atoms with van der Waals surface area (Å²) in [4.78, 5) is 30.0. The molecule has 2 heterocycles. The smallest absolute Gasteiger partial charge is 0.307 e. The molecule has 1 aliphatic rings. The van der Waals surface area contributed by atoms with Gasteiger partial charge in [-0.1, -0.05) is 12.1 Å². The van der Waals surface area contributed by atoms with Crippen LogP contribution in [0.15, 0.2) is 62.7 Å². The minimum Gasteiger partial charge on any atom is -0.432 e. The zero-order valence-corrected chi connectivity index (χ0v) is 18.9. The van der Waals surface area contributed by atoms with Gasteiger partial charge in [-0.05, 0) is 49.2 Å². The second-order valence-corrected chi connectivity index (χ2v) is 10.3. The van der Waals surface area contributed by atoms with E-state index >= 15 is 0 Å². The van der Waals surface area contributed by atoms with Crippen LogP contribution >= 0.6 is 11.8 Å². The predicted molar refractivity (Wildman–Crippen MR) is 122 cm³/mol. The fraction of sp³-hybridized carbons (Fsp3) is 0.318. The number of amides is 2. The predicted octanol–water partition coefficient (Wildman–Crippen LogP) is 2.49. The van der Waals surface area contributed by atoms with Crippen LogP contribution in [-0.2, 0) is 20.3 Å². The second-order valence-electron chi connectivity index (χ2n) is 7.30. The summed E-state index contributed by atoms with van der Waals surface area (Å²) in [5.41, 5.74) is 6.82. The van der Waals surface area contributed by atoms with Crippen LogP contribution < -0.4 is 11.1 Å². The van der Waals surface area contributed by atoms with Crippen LogP contribution in [0.5, 0.6) is 0 Å². The molecule has 8 nitrogen and oxygen atoms in total. The number of fused-ring (bicyclic) bond motifs is 1. The number of carbonyl (C=O) groups excluding carboxylic acids is 2. The van der Waals surface area contributed by atoms with E-state index in [1.807, 2.05) is 24.3 Å². The molecular formula is C22H23N3O5S2. The third-order valence-corrected chi connectivity index (χ3v) is 8.32. The average molecular weight is 474 g/mol. The van der Waals surface area contributed by atoms with E-state index in [1.165, 1.54) is 0 Å². The molecule has 0 aliphatic carbocycles. The summed E-state index contributed by atoms with van der Waals surface area (Å²) in [5, 5.41) is 2.79. The third-order valence-electron chi connectivity index (χ3n) is 5.29. The molecule has 4 rings (SSSR count). The first kappa shape index (κ1) is 22.5. The largest absolute Gasteiger partial charge is 0.432 e. The highest BCUT2D eigenvalue weighted by Gasteiger charge is 2.45. The molecule has 0 spiro atoms. The molecular weight excluding hydrogens is 450 g/mol.